The Labute approximate surface area is 222 Å². The van der Waals surface area contributed by atoms with Gasteiger partial charge in [0.15, 0.2) is 16.9 Å². The average Bonchev–Trinajstić information content (AvgIpc) is 3.47. The highest BCUT2D eigenvalue weighted by Gasteiger charge is 2.45. The van der Waals surface area contributed by atoms with Crippen LogP contribution in [0.15, 0.2) is 45.6 Å². The maximum absolute atomic E-state index is 13.8. The molecule has 1 atom stereocenters. The second-order valence-electron chi connectivity index (χ2n) is 9.17. The fourth-order valence-corrected chi connectivity index (χ4v) is 5.30. The summed E-state index contributed by atoms with van der Waals surface area (Å²) in [5, 5.41) is 10.3. The van der Waals surface area contributed by atoms with Gasteiger partial charge in [0.05, 0.1) is 30.7 Å². The Morgan fingerprint density at radius 1 is 1.14 bits per heavy atom. The number of aryl methyl sites for hydroxylation is 1. The number of nitrogens with zero attached hydrogens (tertiary/aromatic N) is 3. The molecule has 4 aromatic rings. The van der Waals surface area contributed by atoms with Crippen LogP contribution in [0.5, 0.6) is 11.5 Å². The number of hydrogen-bond donors (Lipinski definition) is 0. The number of ether oxygens (including phenoxy) is 2. The molecule has 1 unspecified atom stereocenters. The van der Waals surface area contributed by atoms with E-state index in [0.717, 1.165) is 11.4 Å². The molecule has 2 aromatic carbocycles. The zero-order chi connectivity index (χ0) is 26.3. The second kappa shape index (κ2) is 10.1. The lowest BCUT2D eigenvalue weighted by atomic mass is 9.98. The standard InChI is InChI=1S/C27H26ClN3O5S/c1-5-21-29-30-27(37-21)31-23(15-6-8-19(20(12-15)34-4)35-11-10-14(2)3)22-24(32)17-13-16(28)7-9-18(17)36-25(22)26(31)33/h6-9,12-14,23H,5,10-11H2,1-4H3. The molecule has 10 heteroatoms. The molecular weight excluding hydrogens is 514 g/mol. The number of methoxy groups -OCH3 is 1. The molecular formula is C27H26ClN3O5S. The number of rotatable bonds is 8. The normalized spacial score (nSPS) is 15.0. The predicted molar refractivity (Wildman–Crippen MR) is 143 cm³/mol. The van der Waals surface area contributed by atoms with E-state index in [1.165, 1.54) is 16.2 Å². The number of carbonyl (C=O) groups excluding carboxylic acids is 1. The van der Waals surface area contributed by atoms with E-state index in [0.29, 0.717) is 57.1 Å². The Morgan fingerprint density at radius 2 is 1.95 bits per heavy atom. The van der Waals surface area contributed by atoms with Crippen molar-refractivity contribution in [2.24, 2.45) is 5.92 Å². The highest BCUT2D eigenvalue weighted by molar-refractivity contribution is 7.15. The quantitative estimate of drug-likeness (QED) is 0.269. The van der Waals surface area contributed by atoms with Crippen LogP contribution in [0.3, 0.4) is 0 Å². The minimum atomic E-state index is -0.793. The fraction of sp³-hybridized carbons (Fsp3) is 0.333. The van der Waals surface area contributed by atoms with Gasteiger partial charge in [-0.2, -0.15) is 0 Å². The molecule has 0 saturated carbocycles. The van der Waals surface area contributed by atoms with Crippen LogP contribution in [0.25, 0.3) is 11.0 Å². The molecule has 0 aliphatic carbocycles. The molecule has 5 rings (SSSR count). The van der Waals surface area contributed by atoms with Crippen LogP contribution in [-0.2, 0) is 6.42 Å². The van der Waals surface area contributed by atoms with Crippen molar-refractivity contribution >= 4 is 44.9 Å². The first-order valence-electron chi connectivity index (χ1n) is 12.0. The Balaban J connectivity index is 1.68. The van der Waals surface area contributed by atoms with E-state index in [1.54, 1.807) is 37.4 Å². The molecule has 1 amide bonds. The number of anilines is 1. The van der Waals surface area contributed by atoms with Crippen molar-refractivity contribution in [2.75, 3.05) is 18.6 Å². The maximum atomic E-state index is 13.8. The molecule has 0 saturated heterocycles. The summed E-state index contributed by atoms with van der Waals surface area (Å²) >= 11 is 7.48. The van der Waals surface area contributed by atoms with Gasteiger partial charge in [0.25, 0.3) is 5.91 Å². The first-order valence-corrected chi connectivity index (χ1v) is 13.2. The van der Waals surface area contributed by atoms with Gasteiger partial charge in [0.1, 0.15) is 10.6 Å². The zero-order valence-electron chi connectivity index (χ0n) is 20.9. The summed E-state index contributed by atoms with van der Waals surface area (Å²) in [6.45, 7) is 6.78. The van der Waals surface area contributed by atoms with Gasteiger partial charge in [-0.05, 0) is 54.7 Å². The van der Waals surface area contributed by atoms with Crippen molar-refractivity contribution in [2.45, 2.75) is 39.7 Å². The molecule has 0 spiro atoms. The summed E-state index contributed by atoms with van der Waals surface area (Å²) in [7, 11) is 1.56. The summed E-state index contributed by atoms with van der Waals surface area (Å²) in [5.41, 5.74) is 0.849. The molecule has 0 fully saturated rings. The third-order valence-electron chi connectivity index (χ3n) is 6.25. The van der Waals surface area contributed by atoms with Crippen molar-refractivity contribution in [3.05, 3.63) is 73.5 Å². The zero-order valence-corrected chi connectivity index (χ0v) is 22.5. The third-order valence-corrected chi connectivity index (χ3v) is 7.56. The minimum Gasteiger partial charge on any atom is -0.493 e. The molecule has 192 valence electrons. The molecule has 2 aromatic heterocycles. The number of aromatic nitrogens is 2. The number of carbonyl (C=O) groups is 1. The number of hydrogen-bond acceptors (Lipinski definition) is 8. The molecule has 3 heterocycles. The predicted octanol–water partition coefficient (Wildman–Crippen LogP) is 6.04. The first kappa shape index (κ1) is 25.2. The number of benzene rings is 2. The average molecular weight is 540 g/mol. The van der Waals surface area contributed by atoms with E-state index < -0.39 is 11.9 Å². The van der Waals surface area contributed by atoms with Gasteiger partial charge < -0.3 is 13.9 Å². The SMILES string of the molecule is CCc1nnc(N2C(=O)c3oc4ccc(Cl)cc4c(=O)c3C2c2ccc(OCCC(C)C)c(OC)c2)s1. The molecule has 0 radical (unpaired) electrons. The molecule has 0 N–H and O–H groups in total. The smallest absolute Gasteiger partial charge is 0.297 e. The van der Waals surface area contributed by atoms with E-state index in [1.807, 2.05) is 13.0 Å². The highest BCUT2D eigenvalue weighted by Crippen LogP contribution is 2.44. The molecule has 1 aliphatic rings. The molecule has 8 nitrogen and oxygen atoms in total. The van der Waals surface area contributed by atoms with Crippen molar-refractivity contribution < 1.29 is 18.7 Å². The van der Waals surface area contributed by atoms with Crippen LogP contribution in [0.1, 0.15) is 59.9 Å². The van der Waals surface area contributed by atoms with Crippen molar-refractivity contribution in [1.82, 2.24) is 10.2 Å². The second-order valence-corrected chi connectivity index (χ2v) is 10.6. The van der Waals surface area contributed by atoms with Gasteiger partial charge >= 0.3 is 0 Å². The number of halogens is 1. The first-order chi connectivity index (χ1) is 17.8. The Bertz CT molecular complexity index is 1550. The monoisotopic (exact) mass is 539 g/mol. The van der Waals surface area contributed by atoms with Crippen LogP contribution in [0.4, 0.5) is 5.13 Å². The topological polar surface area (TPSA) is 94.8 Å². The number of fused-ring (bicyclic) bond motifs is 2. The fourth-order valence-electron chi connectivity index (χ4n) is 4.32. The summed E-state index contributed by atoms with van der Waals surface area (Å²) < 4.78 is 17.6. The van der Waals surface area contributed by atoms with Gasteiger partial charge in [-0.1, -0.05) is 49.8 Å². The number of amides is 1. The lowest BCUT2D eigenvalue weighted by molar-refractivity contribution is 0.0970. The lowest BCUT2D eigenvalue weighted by Crippen LogP contribution is -2.29. The van der Waals surface area contributed by atoms with Crippen LogP contribution in [0.2, 0.25) is 5.02 Å². The molecule has 0 bridgehead atoms. The van der Waals surface area contributed by atoms with Crippen molar-refractivity contribution in [1.29, 1.82) is 0 Å². The van der Waals surface area contributed by atoms with E-state index in [-0.39, 0.29) is 16.8 Å². The highest BCUT2D eigenvalue weighted by atomic mass is 35.5. The van der Waals surface area contributed by atoms with Crippen LogP contribution < -0.4 is 19.8 Å². The van der Waals surface area contributed by atoms with Crippen molar-refractivity contribution in [3.63, 3.8) is 0 Å². The Hall–Kier alpha value is -3.43. The Kier molecular flexibility index (Phi) is 6.92. The van der Waals surface area contributed by atoms with Crippen LogP contribution in [-0.4, -0.2) is 29.8 Å². The maximum Gasteiger partial charge on any atom is 0.297 e. The Morgan fingerprint density at radius 3 is 2.65 bits per heavy atom. The van der Waals surface area contributed by atoms with Gasteiger partial charge in [0.2, 0.25) is 10.9 Å². The summed E-state index contributed by atoms with van der Waals surface area (Å²) in [4.78, 5) is 29.0. The summed E-state index contributed by atoms with van der Waals surface area (Å²) in [5.74, 6) is 1.12. The van der Waals surface area contributed by atoms with E-state index in [4.69, 9.17) is 25.5 Å². The summed E-state index contributed by atoms with van der Waals surface area (Å²) in [6.07, 6.45) is 1.57. The van der Waals surface area contributed by atoms with Gasteiger partial charge in [-0.3, -0.25) is 14.5 Å². The molecule has 1 aliphatic heterocycles. The minimum absolute atomic E-state index is 0.0192. The van der Waals surface area contributed by atoms with E-state index in [2.05, 4.69) is 24.0 Å². The van der Waals surface area contributed by atoms with Crippen LogP contribution in [0, 0.1) is 5.92 Å². The van der Waals surface area contributed by atoms with Crippen molar-refractivity contribution in [3.8, 4) is 11.5 Å². The molecule has 37 heavy (non-hydrogen) atoms. The third kappa shape index (κ3) is 4.57. The van der Waals surface area contributed by atoms with Gasteiger partial charge in [0, 0.05) is 5.02 Å². The lowest BCUT2D eigenvalue weighted by Gasteiger charge is -2.23. The van der Waals surface area contributed by atoms with Gasteiger partial charge in [-0.15, -0.1) is 10.2 Å². The van der Waals surface area contributed by atoms with Crippen LogP contribution >= 0.6 is 22.9 Å². The van der Waals surface area contributed by atoms with E-state index in [9.17, 15) is 9.59 Å². The van der Waals surface area contributed by atoms with Gasteiger partial charge in [-0.25, -0.2) is 0 Å². The largest absolute Gasteiger partial charge is 0.493 e. The summed E-state index contributed by atoms with van der Waals surface area (Å²) in [6, 6.07) is 9.39. The van der Waals surface area contributed by atoms with E-state index >= 15 is 0 Å².